The maximum Gasteiger partial charge on any atom is 0.108 e. The molecule has 2 rings (SSSR count). The van der Waals surface area contributed by atoms with Crippen LogP contribution in [-0.2, 0) is 14.2 Å². The number of hydrogen-bond acceptors (Lipinski definition) is 3. The van der Waals surface area contributed by atoms with Gasteiger partial charge in [-0.3, -0.25) is 0 Å². The first-order chi connectivity index (χ1) is 7.70. The van der Waals surface area contributed by atoms with Crippen LogP contribution in [0.1, 0.15) is 20.8 Å². The van der Waals surface area contributed by atoms with Crippen molar-refractivity contribution < 1.29 is 14.2 Å². The summed E-state index contributed by atoms with van der Waals surface area (Å²) in [4.78, 5) is 0. The van der Waals surface area contributed by atoms with E-state index in [1.165, 1.54) is 0 Å². The molecule has 0 bridgehead atoms. The van der Waals surface area contributed by atoms with Crippen LogP contribution in [0.4, 0.5) is 0 Å². The van der Waals surface area contributed by atoms with Crippen molar-refractivity contribution in [3.63, 3.8) is 0 Å². The van der Waals surface area contributed by atoms with E-state index in [1.54, 1.807) is 0 Å². The Morgan fingerprint density at radius 1 is 1.00 bits per heavy atom. The lowest BCUT2D eigenvalue weighted by Crippen LogP contribution is -2.51. The third kappa shape index (κ3) is 2.47. The molecule has 1 fully saturated rings. The van der Waals surface area contributed by atoms with Crippen LogP contribution in [0.2, 0.25) is 0 Å². The topological polar surface area (TPSA) is 27.7 Å². The molecule has 0 unspecified atom stereocenters. The number of fused-ring (bicyclic) bond motifs is 1. The molecule has 0 radical (unpaired) electrons. The Morgan fingerprint density at radius 3 is 2.56 bits per heavy atom. The fourth-order valence-corrected chi connectivity index (χ4v) is 2.49. The van der Waals surface area contributed by atoms with Crippen molar-refractivity contribution in [2.45, 2.75) is 39.1 Å². The summed E-state index contributed by atoms with van der Waals surface area (Å²) in [6.07, 6.45) is 4.57. The first kappa shape index (κ1) is 12.1. The second-order valence-corrected chi connectivity index (χ2v) is 4.90. The van der Waals surface area contributed by atoms with Gasteiger partial charge in [-0.15, -0.1) is 0 Å². The fourth-order valence-electron chi connectivity index (χ4n) is 2.49. The summed E-state index contributed by atoms with van der Waals surface area (Å²) in [5, 5.41) is 0. The van der Waals surface area contributed by atoms with E-state index < -0.39 is 0 Å². The molecule has 2 aliphatic rings. The Hall–Kier alpha value is -0.380. The summed E-state index contributed by atoms with van der Waals surface area (Å²) in [6.45, 7) is 8.59. The molecule has 0 spiro atoms. The van der Waals surface area contributed by atoms with Gasteiger partial charge in [0.05, 0.1) is 32.0 Å². The van der Waals surface area contributed by atoms with E-state index in [-0.39, 0.29) is 18.3 Å². The van der Waals surface area contributed by atoms with Crippen molar-refractivity contribution in [1.82, 2.24) is 0 Å². The number of rotatable bonds is 0. The van der Waals surface area contributed by atoms with E-state index in [4.69, 9.17) is 14.2 Å². The summed E-state index contributed by atoms with van der Waals surface area (Å²) < 4.78 is 17.5. The molecule has 5 atom stereocenters. The second kappa shape index (κ2) is 5.30. The third-order valence-electron chi connectivity index (χ3n) is 3.89. The highest BCUT2D eigenvalue weighted by Gasteiger charge is 2.40. The molecule has 0 aromatic heterocycles. The lowest BCUT2D eigenvalue weighted by molar-refractivity contribution is -0.192. The minimum absolute atomic E-state index is 0.0844. The second-order valence-electron chi connectivity index (χ2n) is 4.90. The van der Waals surface area contributed by atoms with Crippen LogP contribution in [0.5, 0.6) is 0 Å². The smallest absolute Gasteiger partial charge is 0.108 e. The van der Waals surface area contributed by atoms with Gasteiger partial charge < -0.3 is 14.2 Å². The molecule has 0 aromatic carbocycles. The predicted octanol–water partition coefficient (Wildman–Crippen LogP) is 2.02. The highest BCUT2D eigenvalue weighted by Crippen LogP contribution is 2.32. The molecular formula is C13H22O3. The predicted molar refractivity (Wildman–Crippen MR) is 62.4 cm³/mol. The van der Waals surface area contributed by atoms with E-state index >= 15 is 0 Å². The normalized spacial score (nSPS) is 47.3. The molecule has 0 aromatic rings. The van der Waals surface area contributed by atoms with Crippen molar-refractivity contribution in [1.29, 1.82) is 0 Å². The van der Waals surface area contributed by atoms with Crippen LogP contribution in [0.3, 0.4) is 0 Å². The Balaban J connectivity index is 2.08. The lowest BCUT2D eigenvalue weighted by Gasteiger charge is -2.43. The van der Waals surface area contributed by atoms with Gasteiger partial charge in [-0.2, -0.15) is 0 Å². The van der Waals surface area contributed by atoms with E-state index in [2.05, 4.69) is 20.8 Å². The van der Waals surface area contributed by atoms with Gasteiger partial charge in [0, 0.05) is 0 Å². The van der Waals surface area contributed by atoms with Gasteiger partial charge in [-0.05, 0) is 18.8 Å². The molecule has 0 aliphatic carbocycles. The Kier molecular flexibility index (Phi) is 4.00. The van der Waals surface area contributed by atoms with Crippen LogP contribution in [0.15, 0.2) is 12.2 Å². The molecular weight excluding hydrogens is 204 g/mol. The van der Waals surface area contributed by atoms with Crippen molar-refractivity contribution in [3.05, 3.63) is 12.2 Å². The van der Waals surface area contributed by atoms with Gasteiger partial charge in [0.15, 0.2) is 0 Å². The van der Waals surface area contributed by atoms with Gasteiger partial charge in [0.2, 0.25) is 0 Å². The molecule has 1 saturated heterocycles. The van der Waals surface area contributed by atoms with Crippen molar-refractivity contribution in [2.75, 3.05) is 19.8 Å². The molecule has 0 amide bonds. The van der Waals surface area contributed by atoms with Gasteiger partial charge in [0.25, 0.3) is 0 Å². The van der Waals surface area contributed by atoms with Crippen molar-refractivity contribution in [3.8, 4) is 0 Å². The summed E-state index contributed by atoms with van der Waals surface area (Å²) in [7, 11) is 0. The maximum absolute atomic E-state index is 5.99. The summed E-state index contributed by atoms with van der Waals surface area (Å²) in [5.41, 5.74) is 0. The van der Waals surface area contributed by atoms with E-state index in [0.717, 1.165) is 0 Å². The zero-order valence-corrected chi connectivity index (χ0v) is 10.4. The van der Waals surface area contributed by atoms with E-state index in [1.807, 2.05) is 12.2 Å². The molecule has 3 nitrogen and oxygen atoms in total. The average Bonchev–Trinajstić information content (AvgIpc) is 2.38. The summed E-state index contributed by atoms with van der Waals surface area (Å²) >= 11 is 0. The quantitative estimate of drug-likeness (QED) is 0.591. The van der Waals surface area contributed by atoms with E-state index in [9.17, 15) is 0 Å². The zero-order valence-electron chi connectivity index (χ0n) is 10.4. The monoisotopic (exact) mass is 226 g/mol. The number of ether oxygens (including phenoxy) is 3. The van der Waals surface area contributed by atoms with Gasteiger partial charge >= 0.3 is 0 Å². The molecule has 16 heavy (non-hydrogen) atoms. The highest BCUT2D eigenvalue weighted by molar-refractivity contribution is 4.91. The Labute approximate surface area is 97.8 Å². The van der Waals surface area contributed by atoms with Gasteiger partial charge in [-0.25, -0.2) is 0 Å². The van der Waals surface area contributed by atoms with Crippen molar-refractivity contribution >= 4 is 0 Å². The standard InChI is InChI=1S/C13H22O3/c1-9-10(2)13-12(16-11(9)3)8-14-6-4-5-7-15-13/h4-5,9-13H,6-8H2,1-3H3/b5-4-/t9-,10-,11+,12-,13+/m1/s1. The van der Waals surface area contributed by atoms with E-state index in [0.29, 0.717) is 31.7 Å². The molecule has 3 heteroatoms. The third-order valence-corrected chi connectivity index (χ3v) is 3.89. The minimum Gasteiger partial charge on any atom is -0.375 e. The number of hydrogen-bond donors (Lipinski definition) is 0. The summed E-state index contributed by atoms with van der Waals surface area (Å²) in [5.74, 6) is 1.05. The van der Waals surface area contributed by atoms with Crippen LogP contribution >= 0.6 is 0 Å². The first-order valence-corrected chi connectivity index (χ1v) is 6.20. The molecule has 92 valence electrons. The Bertz CT molecular complexity index is 252. The lowest BCUT2D eigenvalue weighted by atomic mass is 9.82. The van der Waals surface area contributed by atoms with Crippen LogP contribution < -0.4 is 0 Å². The average molecular weight is 226 g/mol. The molecule has 2 aliphatic heterocycles. The van der Waals surface area contributed by atoms with Crippen LogP contribution in [-0.4, -0.2) is 38.1 Å². The summed E-state index contributed by atoms with van der Waals surface area (Å²) in [6, 6.07) is 0. The molecule has 2 heterocycles. The molecule has 0 saturated carbocycles. The largest absolute Gasteiger partial charge is 0.375 e. The Morgan fingerprint density at radius 2 is 1.75 bits per heavy atom. The highest BCUT2D eigenvalue weighted by atomic mass is 16.6. The van der Waals surface area contributed by atoms with Crippen LogP contribution in [0, 0.1) is 11.8 Å². The SMILES string of the molecule is C[C@@H]1[C@@H](C)[C@H](C)O[C@@H]2COC/C=C\CO[C@@H]12. The van der Waals surface area contributed by atoms with Crippen LogP contribution in [0.25, 0.3) is 0 Å². The zero-order chi connectivity index (χ0) is 11.5. The maximum atomic E-state index is 5.99. The first-order valence-electron chi connectivity index (χ1n) is 6.20. The minimum atomic E-state index is 0.0844. The van der Waals surface area contributed by atoms with Gasteiger partial charge in [0.1, 0.15) is 6.10 Å². The van der Waals surface area contributed by atoms with Gasteiger partial charge in [-0.1, -0.05) is 26.0 Å². The fraction of sp³-hybridized carbons (Fsp3) is 0.846. The van der Waals surface area contributed by atoms with Crippen molar-refractivity contribution in [2.24, 2.45) is 11.8 Å². The molecule has 0 N–H and O–H groups in total.